The second-order valence-electron chi connectivity index (χ2n) is 7.58. The topological polar surface area (TPSA) is 70.7 Å². The summed E-state index contributed by atoms with van der Waals surface area (Å²) in [5, 5.41) is 6.68. The van der Waals surface area contributed by atoms with Crippen LogP contribution < -0.4 is 10.6 Å². The van der Waals surface area contributed by atoms with Crippen LogP contribution in [0, 0.1) is 0 Å². The summed E-state index contributed by atoms with van der Waals surface area (Å²) in [4.78, 5) is 27.4. The highest BCUT2D eigenvalue weighted by atomic mass is 35.5. The molecule has 2 N–H and O–H groups in total. The van der Waals surface area contributed by atoms with E-state index in [1.54, 1.807) is 25.3 Å². The fraction of sp³-hybridized carbons (Fsp3) is 0.391. The highest BCUT2D eigenvalue weighted by Gasteiger charge is 2.30. The van der Waals surface area contributed by atoms with Crippen molar-refractivity contribution in [3.8, 4) is 0 Å². The van der Waals surface area contributed by atoms with E-state index in [1.807, 2.05) is 29.2 Å². The predicted octanol–water partition coefficient (Wildman–Crippen LogP) is 4.25. The van der Waals surface area contributed by atoms with Crippen LogP contribution in [0.2, 0.25) is 10.0 Å². The van der Waals surface area contributed by atoms with Gasteiger partial charge in [-0.05, 0) is 48.7 Å². The van der Waals surface area contributed by atoms with Gasteiger partial charge in [-0.1, -0.05) is 53.9 Å². The Bertz CT molecular complexity index is 923. The Morgan fingerprint density at radius 1 is 1.10 bits per heavy atom. The van der Waals surface area contributed by atoms with Crippen molar-refractivity contribution >= 4 is 40.7 Å². The van der Waals surface area contributed by atoms with Crippen molar-refractivity contribution in [1.82, 2.24) is 10.2 Å². The zero-order valence-electron chi connectivity index (χ0n) is 17.5. The van der Waals surface area contributed by atoms with Gasteiger partial charge in [0.1, 0.15) is 0 Å². The van der Waals surface area contributed by atoms with Gasteiger partial charge in [0.15, 0.2) is 0 Å². The summed E-state index contributed by atoms with van der Waals surface area (Å²) in [6, 6.07) is 12.5. The summed E-state index contributed by atoms with van der Waals surface area (Å²) in [6.07, 6.45) is 2.61. The molecule has 8 heteroatoms. The molecule has 1 aliphatic heterocycles. The van der Waals surface area contributed by atoms with Crippen LogP contribution in [0.25, 0.3) is 0 Å². The van der Waals surface area contributed by atoms with E-state index in [-0.39, 0.29) is 24.4 Å². The molecule has 1 aliphatic rings. The largest absolute Gasteiger partial charge is 0.380 e. The summed E-state index contributed by atoms with van der Waals surface area (Å²) in [7, 11) is 1.65. The molecule has 1 saturated heterocycles. The van der Waals surface area contributed by atoms with E-state index >= 15 is 0 Å². The summed E-state index contributed by atoms with van der Waals surface area (Å²) in [5.74, 6) is -0.252. The molecule has 0 aromatic heterocycles. The Kier molecular flexibility index (Phi) is 8.72. The van der Waals surface area contributed by atoms with Crippen molar-refractivity contribution in [2.45, 2.75) is 38.5 Å². The summed E-state index contributed by atoms with van der Waals surface area (Å²) in [5.41, 5.74) is 2.65. The third-order valence-electron chi connectivity index (χ3n) is 5.34. The summed E-state index contributed by atoms with van der Waals surface area (Å²) in [6.45, 7) is 1.79. The van der Waals surface area contributed by atoms with Crippen LogP contribution in [0.3, 0.4) is 0 Å². The number of nitrogens with zero attached hydrogens (tertiary/aromatic N) is 1. The molecule has 6 nitrogen and oxygen atoms in total. The Balaban J connectivity index is 1.58. The fourth-order valence-electron chi connectivity index (χ4n) is 3.74. The third kappa shape index (κ3) is 6.68. The highest BCUT2D eigenvalue weighted by Crippen LogP contribution is 2.26. The number of hydrogen-bond acceptors (Lipinski definition) is 4. The number of piperidine rings is 1. The van der Waals surface area contributed by atoms with Crippen LogP contribution in [-0.4, -0.2) is 43.0 Å². The van der Waals surface area contributed by atoms with E-state index in [0.29, 0.717) is 41.8 Å². The molecule has 0 spiro atoms. The smallest absolute Gasteiger partial charge is 0.241 e. The van der Waals surface area contributed by atoms with Crippen molar-refractivity contribution in [3.05, 3.63) is 63.6 Å². The SMILES string of the molecule is COCc1ccccc1CNC(=O)CN1CCCCC1C(=O)Nc1ccc(Cl)c(Cl)c1. The van der Waals surface area contributed by atoms with Gasteiger partial charge in [0.25, 0.3) is 0 Å². The van der Waals surface area contributed by atoms with Gasteiger partial charge in [-0.2, -0.15) is 0 Å². The molecule has 0 saturated carbocycles. The summed E-state index contributed by atoms with van der Waals surface area (Å²) < 4.78 is 5.22. The van der Waals surface area contributed by atoms with Crippen LogP contribution in [-0.2, 0) is 27.5 Å². The van der Waals surface area contributed by atoms with E-state index < -0.39 is 0 Å². The first-order valence-electron chi connectivity index (χ1n) is 10.3. The lowest BCUT2D eigenvalue weighted by Crippen LogP contribution is -2.50. The molecule has 166 valence electrons. The number of rotatable bonds is 8. The number of carbonyl (C=O) groups is 2. The van der Waals surface area contributed by atoms with Gasteiger partial charge in [-0.3, -0.25) is 14.5 Å². The summed E-state index contributed by atoms with van der Waals surface area (Å²) >= 11 is 12.0. The number of nitrogens with one attached hydrogen (secondary N) is 2. The van der Waals surface area contributed by atoms with Gasteiger partial charge in [0, 0.05) is 19.3 Å². The second-order valence-corrected chi connectivity index (χ2v) is 8.39. The Morgan fingerprint density at radius 2 is 1.87 bits per heavy atom. The van der Waals surface area contributed by atoms with Gasteiger partial charge < -0.3 is 15.4 Å². The first-order chi connectivity index (χ1) is 15.0. The van der Waals surface area contributed by atoms with Crippen LogP contribution in [0.15, 0.2) is 42.5 Å². The van der Waals surface area contributed by atoms with E-state index in [9.17, 15) is 9.59 Å². The quantitative estimate of drug-likeness (QED) is 0.613. The fourth-order valence-corrected chi connectivity index (χ4v) is 4.04. The lowest BCUT2D eigenvalue weighted by atomic mass is 10.0. The maximum Gasteiger partial charge on any atom is 0.241 e. The standard InChI is InChI=1S/C23H27Cl2N3O3/c1-31-15-17-7-3-2-6-16(17)13-26-22(29)14-28-11-5-4-8-21(28)23(30)27-18-9-10-19(24)20(25)12-18/h2-3,6-7,9-10,12,21H,4-5,8,11,13-15H2,1H3,(H,26,29)(H,27,30). The molecule has 0 aliphatic carbocycles. The van der Waals surface area contributed by atoms with Crippen molar-refractivity contribution in [2.24, 2.45) is 0 Å². The van der Waals surface area contributed by atoms with Gasteiger partial charge in [-0.15, -0.1) is 0 Å². The molecule has 3 rings (SSSR count). The molecule has 0 bridgehead atoms. The monoisotopic (exact) mass is 463 g/mol. The first-order valence-corrected chi connectivity index (χ1v) is 11.1. The maximum atomic E-state index is 12.9. The average Bonchev–Trinajstić information content (AvgIpc) is 2.76. The zero-order valence-corrected chi connectivity index (χ0v) is 19.0. The van der Waals surface area contributed by atoms with E-state index in [0.717, 1.165) is 24.0 Å². The average molecular weight is 464 g/mol. The van der Waals surface area contributed by atoms with E-state index in [1.165, 1.54) is 0 Å². The Hall–Kier alpha value is -2.12. The molecule has 1 atom stereocenters. The number of methoxy groups -OCH3 is 1. The predicted molar refractivity (Wildman–Crippen MR) is 123 cm³/mol. The van der Waals surface area contributed by atoms with Gasteiger partial charge in [0.2, 0.25) is 11.8 Å². The Labute approximate surface area is 192 Å². The van der Waals surface area contributed by atoms with Crippen molar-refractivity contribution < 1.29 is 14.3 Å². The molecule has 31 heavy (non-hydrogen) atoms. The minimum absolute atomic E-state index is 0.110. The number of anilines is 1. The van der Waals surface area contributed by atoms with Crippen LogP contribution in [0.4, 0.5) is 5.69 Å². The van der Waals surface area contributed by atoms with Crippen LogP contribution in [0.5, 0.6) is 0 Å². The Morgan fingerprint density at radius 3 is 2.61 bits per heavy atom. The number of hydrogen-bond donors (Lipinski definition) is 2. The van der Waals surface area contributed by atoms with Crippen molar-refractivity contribution in [2.75, 3.05) is 25.5 Å². The minimum Gasteiger partial charge on any atom is -0.380 e. The first kappa shape index (κ1) is 23.5. The van der Waals surface area contributed by atoms with Gasteiger partial charge in [0.05, 0.1) is 29.2 Å². The molecular weight excluding hydrogens is 437 g/mol. The molecule has 1 fully saturated rings. The molecule has 2 aromatic carbocycles. The highest BCUT2D eigenvalue weighted by molar-refractivity contribution is 6.42. The second kappa shape index (κ2) is 11.5. The number of halogens is 2. The molecule has 1 heterocycles. The van der Waals surface area contributed by atoms with Crippen LogP contribution >= 0.6 is 23.2 Å². The third-order valence-corrected chi connectivity index (χ3v) is 6.08. The lowest BCUT2D eigenvalue weighted by Gasteiger charge is -2.34. The van der Waals surface area contributed by atoms with Crippen LogP contribution in [0.1, 0.15) is 30.4 Å². The minimum atomic E-state index is -0.366. The number of ether oxygens (including phenoxy) is 1. The van der Waals surface area contributed by atoms with Crippen molar-refractivity contribution in [3.63, 3.8) is 0 Å². The molecule has 2 amide bonds. The number of carbonyl (C=O) groups excluding carboxylic acids is 2. The van der Waals surface area contributed by atoms with Crippen molar-refractivity contribution in [1.29, 1.82) is 0 Å². The van der Waals surface area contributed by atoms with Gasteiger partial charge in [-0.25, -0.2) is 0 Å². The molecule has 2 aromatic rings. The van der Waals surface area contributed by atoms with E-state index in [2.05, 4.69) is 10.6 Å². The van der Waals surface area contributed by atoms with Gasteiger partial charge >= 0.3 is 0 Å². The normalized spacial score (nSPS) is 16.7. The lowest BCUT2D eigenvalue weighted by molar-refractivity contribution is -0.127. The number of likely N-dealkylation sites (tertiary alicyclic amines) is 1. The maximum absolute atomic E-state index is 12.9. The van der Waals surface area contributed by atoms with E-state index in [4.69, 9.17) is 27.9 Å². The number of amides is 2. The molecule has 1 unspecified atom stereocenters. The zero-order chi connectivity index (χ0) is 22.2. The molecular formula is C23H27Cl2N3O3. The molecule has 0 radical (unpaired) electrons. The number of benzene rings is 2.